The van der Waals surface area contributed by atoms with E-state index in [9.17, 15) is 0 Å². The number of ether oxygens (including phenoxy) is 1. The Hall–Kier alpha value is -2.57. The van der Waals surface area contributed by atoms with Crippen molar-refractivity contribution in [2.24, 2.45) is 15.0 Å². The van der Waals surface area contributed by atoms with E-state index < -0.39 is 0 Å². The lowest BCUT2D eigenvalue weighted by molar-refractivity contribution is 0.0297. The molecular formula is C23H27N5O. The van der Waals surface area contributed by atoms with E-state index in [4.69, 9.17) is 9.73 Å². The Labute approximate surface area is 172 Å². The highest BCUT2D eigenvalue weighted by Crippen LogP contribution is 2.35. The van der Waals surface area contributed by atoms with Crippen molar-refractivity contribution >= 4 is 17.9 Å². The van der Waals surface area contributed by atoms with Crippen LogP contribution in [0, 0.1) is 6.92 Å². The molecule has 0 amide bonds. The van der Waals surface area contributed by atoms with Gasteiger partial charge in [0.1, 0.15) is 5.84 Å². The standard InChI is InChI=1S/C23H27N5O/c1-17-3-5-18(6-4-17)22-20(16-27-11-13-29-14-12-27)28-15-19(7-8-21(28)26-22)23-24-9-2-10-25-23/h3-9,15,20,22H,2,10-14,16H2,1H3. The summed E-state index contributed by atoms with van der Waals surface area (Å²) >= 11 is 0. The van der Waals surface area contributed by atoms with Gasteiger partial charge in [-0.15, -0.1) is 0 Å². The van der Waals surface area contributed by atoms with Gasteiger partial charge < -0.3 is 9.64 Å². The Morgan fingerprint density at radius 2 is 1.93 bits per heavy atom. The summed E-state index contributed by atoms with van der Waals surface area (Å²) in [6.45, 7) is 7.47. The van der Waals surface area contributed by atoms with Crippen molar-refractivity contribution in [3.63, 3.8) is 0 Å². The number of morpholine rings is 1. The first-order chi connectivity index (χ1) is 14.3. The van der Waals surface area contributed by atoms with Crippen molar-refractivity contribution in [2.45, 2.75) is 25.4 Å². The Morgan fingerprint density at radius 1 is 1.10 bits per heavy atom. The lowest BCUT2D eigenvalue weighted by Crippen LogP contribution is -2.47. The second kappa shape index (κ2) is 8.05. The van der Waals surface area contributed by atoms with Gasteiger partial charge in [-0.25, -0.2) is 4.99 Å². The van der Waals surface area contributed by atoms with Crippen molar-refractivity contribution in [1.29, 1.82) is 0 Å². The zero-order valence-electron chi connectivity index (χ0n) is 16.9. The predicted molar refractivity (Wildman–Crippen MR) is 117 cm³/mol. The van der Waals surface area contributed by atoms with Gasteiger partial charge in [0.15, 0.2) is 5.84 Å². The van der Waals surface area contributed by atoms with E-state index in [0.29, 0.717) is 0 Å². The number of benzene rings is 1. The van der Waals surface area contributed by atoms with Crippen LogP contribution in [0.1, 0.15) is 23.6 Å². The molecule has 0 N–H and O–H groups in total. The Morgan fingerprint density at radius 3 is 2.69 bits per heavy atom. The van der Waals surface area contributed by atoms with E-state index in [0.717, 1.165) is 63.1 Å². The van der Waals surface area contributed by atoms with Crippen molar-refractivity contribution in [3.8, 4) is 0 Å². The summed E-state index contributed by atoms with van der Waals surface area (Å²) in [7, 11) is 0. The van der Waals surface area contributed by atoms with Crippen molar-refractivity contribution in [1.82, 2.24) is 9.80 Å². The molecule has 150 valence electrons. The van der Waals surface area contributed by atoms with Crippen LogP contribution in [0.3, 0.4) is 0 Å². The van der Waals surface area contributed by atoms with Gasteiger partial charge in [0.05, 0.1) is 25.3 Å². The van der Waals surface area contributed by atoms with Gasteiger partial charge in [-0.3, -0.25) is 14.9 Å². The molecule has 1 saturated heterocycles. The molecule has 2 atom stereocenters. The monoisotopic (exact) mass is 389 g/mol. The van der Waals surface area contributed by atoms with Crippen molar-refractivity contribution in [3.05, 3.63) is 59.3 Å². The predicted octanol–water partition coefficient (Wildman–Crippen LogP) is 2.78. The molecule has 0 spiro atoms. The van der Waals surface area contributed by atoms with Crippen LogP contribution in [-0.2, 0) is 4.74 Å². The first-order valence-electron chi connectivity index (χ1n) is 10.5. The van der Waals surface area contributed by atoms with Crippen LogP contribution in [-0.4, -0.2) is 73.1 Å². The highest BCUT2D eigenvalue weighted by molar-refractivity contribution is 6.09. The number of amidine groups is 2. The molecule has 0 radical (unpaired) electrons. The largest absolute Gasteiger partial charge is 0.379 e. The van der Waals surface area contributed by atoms with E-state index in [-0.39, 0.29) is 12.1 Å². The second-order valence-corrected chi connectivity index (χ2v) is 7.95. The molecule has 0 saturated carbocycles. The molecule has 0 aromatic heterocycles. The molecule has 29 heavy (non-hydrogen) atoms. The van der Waals surface area contributed by atoms with E-state index in [1.54, 1.807) is 0 Å². The van der Waals surface area contributed by atoms with Gasteiger partial charge in [-0.2, -0.15) is 0 Å². The van der Waals surface area contributed by atoms with Gasteiger partial charge >= 0.3 is 0 Å². The Balaban J connectivity index is 1.46. The maximum atomic E-state index is 5.55. The molecule has 1 aromatic carbocycles. The Bertz CT molecular complexity index is 906. The van der Waals surface area contributed by atoms with E-state index in [1.165, 1.54) is 11.1 Å². The van der Waals surface area contributed by atoms with E-state index in [1.807, 2.05) is 6.21 Å². The summed E-state index contributed by atoms with van der Waals surface area (Å²) < 4.78 is 5.55. The molecule has 6 heteroatoms. The fourth-order valence-electron chi connectivity index (χ4n) is 4.28. The maximum absolute atomic E-state index is 5.55. The minimum atomic E-state index is 0.116. The molecule has 4 aliphatic heterocycles. The zero-order chi connectivity index (χ0) is 19.6. The third-order valence-electron chi connectivity index (χ3n) is 5.91. The quantitative estimate of drug-likeness (QED) is 0.796. The summed E-state index contributed by atoms with van der Waals surface area (Å²) in [6, 6.07) is 9.17. The van der Waals surface area contributed by atoms with Crippen LogP contribution in [0.15, 0.2) is 63.2 Å². The molecule has 2 unspecified atom stereocenters. The van der Waals surface area contributed by atoms with Crippen LogP contribution in [0.25, 0.3) is 0 Å². The van der Waals surface area contributed by atoms with Gasteiger partial charge in [0, 0.05) is 50.6 Å². The number of fused-ring (bicyclic) bond motifs is 1. The minimum absolute atomic E-state index is 0.116. The Kier molecular flexibility index (Phi) is 5.12. The lowest BCUT2D eigenvalue weighted by Gasteiger charge is -2.35. The van der Waals surface area contributed by atoms with Crippen molar-refractivity contribution < 1.29 is 4.74 Å². The fourth-order valence-corrected chi connectivity index (χ4v) is 4.28. The number of aliphatic imine (C=N–C) groups is 3. The first kappa shape index (κ1) is 18.5. The van der Waals surface area contributed by atoms with Crippen LogP contribution in [0.2, 0.25) is 0 Å². The number of rotatable bonds is 4. The molecular weight excluding hydrogens is 362 g/mol. The van der Waals surface area contributed by atoms with Gasteiger partial charge in [-0.1, -0.05) is 29.8 Å². The molecule has 4 heterocycles. The molecule has 5 rings (SSSR count). The number of hydrogen-bond acceptors (Lipinski definition) is 6. The first-order valence-corrected chi connectivity index (χ1v) is 10.5. The summed E-state index contributed by atoms with van der Waals surface area (Å²) in [5, 5.41) is 0. The van der Waals surface area contributed by atoms with E-state index in [2.05, 4.69) is 69.3 Å². The summed E-state index contributed by atoms with van der Waals surface area (Å²) in [6.07, 6.45) is 9.29. The topological polar surface area (TPSA) is 52.8 Å². The van der Waals surface area contributed by atoms with Crippen LogP contribution >= 0.6 is 0 Å². The average Bonchev–Trinajstić information content (AvgIpc) is 3.13. The van der Waals surface area contributed by atoms with Gasteiger partial charge in [0.2, 0.25) is 0 Å². The molecule has 0 aliphatic carbocycles. The van der Waals surface area contributed by atoms with Crippen LogP contribution < -0.4 is 0 Å². The normalized spacial score (nSPS) is 26.8. The second-order valence-electron chi connectivity index (χ2n) is 7.95. The number of aryl methyl sites for hydroxylation is 1. The van der Waals surface area contributed by atoms with Gasteiger partial charge in [-0.05, 0) is 24.6 Å². The zero-order valence-corrected chi connectivity index (χ0v) is 16.9. The smallest absolute Gasteiger partial charge is 0.155 e. The minimum Gasteiger partial charge on any atom is -0.379 e. The number of hydrogen-bond donors (Lipinski definition) is 0. The third kappa shape index (κ3) is 3.82. The molecule has 4 aliphatic rings. The highest BCUT2D eigenvalue weighted by atomic mass is 16.5. The van der Waals surface area contributed by atoms with Gasteiger partial charge in [0.25, 0.3) is 0 Å². The summed E-state index contributed by atoms with van der Waals surface area (Å²) in [4.78, 5) is 19.1. The summed E-state index contributed by atoms with van der Waals surface area (Å²) in [5.74, 6) is 1.86. The van der Waals surface area contributed by atoms with Crippen molar-refractivity contribution in [2.75, 3.05) is 39.4 Å². The average molecular weight is 390 g/mol. The highest BCUT2D eigenvalue weighted by Gasteiger charge is 2.38. The summed E-state index contributed by atoms with van der Waals surface area (Å²) in [5.41, 5.74) is 3.61. The van der Waals surface area contributed by atoms with Crippen LogP contribution in [0.4, 0.5) is 0 Å². The maximum Gasteiger partial charge on any atom is 0.155 e. The van der Waals surface area contributed by atoms with Crippen LogP contribution in [0.5, 0.6) is 0 Å². The van der Waals surface area contributed by atoms with E-state index >= 15 is 0 Å². The number of nitrogens with zero attached hydrogens (tertiary/aromatic N) is 5. The molecule has 1 aromatic rings. The third-order valence-corrected chi connectivity index (χ3v) is 5.91. The SMILES string of the molecule is Cc1ccc(C2N=C3C=CC(C4=NCCC=N4)=CN3C2CN2CCOCC2)cc1. The fraction of sp³-hybridized carbons (Fsp3) is 0.435. The lowest BCUT2D eigenvalue weighted by atomic mass is 9.98. The molecule has 0 bridgehead atoms. The molecule has 6 nitrogen and oxygen atoms in total. The molecule has 1 fully saturated rings.